The van der Waals surface area contributed by atoms with Gasteiger partial charge in [-0.25, -0.2) is 9.48 Å². The van der Waals surface area contributed by atoms with Crippen molar-refractivity contribution < 1.29 is 14.3 Å². The minimum absolute atomic E-state index is 0.0261. The number of nitrogens with one attached hydrogen (secondary N) is 1. The van der Waals surface area contributed by atoms with Gasteiger partial charge in [0.15, 0.2) is 0 Å². The summed E-state index contributed by atoms with van der Waals surface area (Å²) in [4.78, 5) is 14.1. The van der Waals surface area contributed by atoms with E-state index in [4.69, 9.17) is 9.47 Å². The Morgan fingerprint density at radius 1 is 1.42 bits per heavy atom. The van der Waals surface area contributed by atoms with Crippen molar-refractivity contribution in [2.24, 2.45) is 5.92 Å². The second-order valence-electron chi connectivity index (χ2n) is 7.11. The molecular formula is C16H27N5O3. The number of carbonyl (C=O) groups excluding carboxylic acids is 1. The number of methoxy groups -OCH3 is 1. The molecule has 2 aliphatic rings. The van der Waals surface area contributed by atoms with Crippen LogP contribution in [-0.4, -0.2) is 58.3 Å². The van der Waals surface area contributed by atoms with Gasteiger partial charge < -0.3 is 19.7 Å². The Kier molecular flexibility index (Phi) is 5.05. The van der Waals surface area contributed by atoms with Crippen LogP contribution in [0.4, 0.5) is 4.79 Å². The predicted molar refractivity (Wildman–Crippen MR) is 87.3 cm³/mol. The van der Waals surface area contributed by atoms with Gasteiger partial charge in [-0.15, -0.1) is 5.10 Å². The number of amides is 2. The van der Waals surface area contributed by atoms with Crippen molar-refractivity contribution >= 4 is 6.03 Å². The molecule has 1 aromatic rings. The van der Waals surface area contributed by atoms with E-state index in [1.165, 1.54) is 0 Å². The van der Waals surface area contributed by atoms with Crippen LogP contribution in [0.15, 0.2) is 0 Å². The quantitative estimate of drug-likeness (QED) is 0.891. The third-order valence-electron chi connectivity index (χ3n) is 4.78. The first-order valence-corrected chi connectivity index (χ1v) is 8.60. The molecule has 0 unspecified atom stereocenters. The van der Waals surface area contributed by atoms with E-state index in [2.05, 4.69) is 29.5 Å². The highest BCUT2D eigenvalue weighted by Gasteiger charge is 2.41. The average Bonchev–Trinajstić information content (AvgIpc) is 2.95. The van der Waals surface area contributed by atoms with Gasteiger partial charge in [-0.05, 0) is 18.8 Å². The Balaban J connectivity index is 1.57. The molecule has 8 nitrogen and oxygen atoms in total. The number of rotatable bonds is 4. The molecule has 8 heteroatoms. The van der Waals surface area contributed by atoms with Gasteiger partial charge in [0.05, 0.1) is 31.1 Å². The molecule has 1 spiro atoms. The maximum atomic E-state index is 12.2. The standard InChI is InChI=1S/C16H27N5O3/c1-12(2)8-17-15(22)20-6-4-16(5-7-20)11-21-14(10-24-16)13(9-23-3)18-19-21/h12H,4-11H2,1-3H3,(H,17,22). The van der Waals surface area contributed by atoms with Crippen molar-refractivity contribution in [2.75, 3.05) is 26.7 Å². The van der Waals surface area contributed by atoms with Crippen molar-refractivity contribution in [2.45, 2.75) is 52.0 Å². The lowest BCUT2D eigenvalue weighted by Gasteiger charge is -2.43. The average molecular weight is 337 g/mol. The molecule has 0 aliphatic carbocycles. The largest absolute Gasteiger partial charge is 0.378 e. The van der Waals surface area contributed by atoms with E-state index >= 15 is 0 Å². The number of piperidine rings is 1. The van der Waals surface area contributed by atoms with Gasteiger partial charge in [-0.3, -0.25) is 0 Å². The van der Waals surface area contributed by atoms with E-state index in [-0.39, 0.29) is 11.6 Å². The first kappa shape index (κ1) is 17.2. The van der Waals surface area contributed by atoms with E-state index in [1.807, 2.05) is 9.58 Å². The van der Waals surface area contributed by atoms with Crippen LogP contribution in [0.1, 0.15) is 38.1 Å². The van der Waals surface area contributed by atoms with Gasteiger partial charge in [-0.1, -0.05) is 19.1 Å². The fourth-order valence-corrected chi connectivity index (χ4v) is 3.27. The molecule has 0 saturated carbocycles. The highest BCUT2D eigenvalue weighted by Crippen LogP contribution is 2.33. The maximum Gasteiger partial charge on any atom is 0.317 e. The molecule has 134 valence electrons. The minimum Gasteiger partial charge on any atom is -0.378 e. The Morgan fingerprint density at radius 2 is 2.17 bits per heavy atom. The molecule has 3 heterocycles. The zero-order valence-electron chi connectivity index (χ0n) is 14.7. The SMILES string of the molecule is COCc1nnn2c1COC1(CCN(C(=O)NCC(C)C)CC1)C2. The lowest BCUT2D eigenvalue weighted by Crippen LogP contribution is -2.54. The van der Waals surface area contributed by atoms with Crippen molar-refractivity contribution in [3.8, 4) is 0 Å². The molecule has 2 amide bonds. The Bertz CT molecular complexity index is 578. The third-order valence-corrected chi connectivity index (χ3v) is 4.78. The van der Waals surface area contributed by atoms with E-state index < -0.39 is 0 Å². The first-order chi connectivity index (χ1) is 11.5. The smallest absolute Gasteiger partial charge is 0.317 e. The molecule has 0 bridgehead atoms. The fourth-order valence-electron chi connectivity index (χ4n) is 3.27. The molecule has 0 atom stereocenters. The van der Waals surface area contributed by atoms with E-state index in [0.717, 1.165) is 24.2 Å². The first-order valence-electron chi connectivity index (χ1n) is 8.60. The van der Waals surface area contributed by atoms with E-state index in [1.54, 1.807) is 7.11 Å². The van der Waals surface area contributed by atoms with E-state index in [9.17, 15) is 4.79 Å². The summed E-state index contributed by atoms with van der Waals surface area (Å²) in [5.41, 5.74) is 1.61. The summed E-state index contributed by atoms with van der Waals surface area (Å²) in [6, 6.07) is 0.0261. The Hall–Kier alpha value is -1.67. The van der Waals surface area contributed by atoms with Crippen molar-refractivity contribution in [3.05, 3.63) is 11.4 Å². The van der Waals surface area contributed by atoms with Crippen LogP contribution in [0, 0.1) is 5.92 Å². The molecule has 24 heavy (non-hydrogen) atoms. The van der Waals surface area contributed by atoms with Crippen LogP contribution in [0.3, 0.4) is 0 Å². The molecule has 0 radical (unpaired) electrons. The van der Waals surface area contributed by atoms with Crippen LogP contribution in [-0.2, 0) is 29.2 Å². The number of likely N-dealkylation sites (tertiary alicyclic amines) is 1. The molecule has 1 saturated heterocycles. The Morgan fingerprint density at radius 3 is 2.83 bits per heavy atom. The van der Waals surface area contributed by atoms with Gasteiger partial charge in [0.25, 0.3) is 0 Å². The summed E-state index contributed by atoms with van der Waals surface area (Å²) >= 11 is 0. The Labute approximate surface area is 142 Å². The minimum atomic E-state index is -0.236. The monoisotopic (exact) mass is 337 g/mol. The summed E-state index contributed by atoms with van der Waals surface area (Å²) < 4.78 is 13.3. The summed E-state index contributed by atoms with van der Waals surface area (Å²) in [6.07, 6.45) is 1.64. The number of fused-ring (bicyclic) bond motifs is 1. The van der Waals surface area contributed by atoms with Gasteiger partial charge in [0, 0.05) is 26.7 Å². The van der Waals surface area contributed by atoms with Gasteiger partial charge in [0.1, 0.15) is 5.69 Å². The highest BCUT2D eigenvalue weighted by molar-refractivity contribution is 5.74. The summed E-state index contributed by atoms with van der Waals surface area (Å²) in [6.45, 7) is 7.96. The third kappa shape index (κ3) is 3.54. The normalized spacial score (nSPS) is 19.6. The molecule has 1 N–H and O–H groups in total. The molecule has 2 aliphatic heterocycles. The molecular weight excluding hydrogens is 310 g/mol. The predicted octanol–water partition coefficient (Wildman–Crippen LogP) is 1.15. The van der Waals surface area contributed by atoms with Crippen LogP contribution in [0.25, 0.3) is 0 Å². The van der Waals surface area contributed by atoms with Gasteiger partial charge >= 0.3 is 6.03 Å². The van der Waals surface area contributed by atoms with Crippen molar-refractivity contribution in [1.82, 2.24) is 25.2 Å². The molecule has 0 aromatic carbocycles. The van der Waals surface area contributed by atoms with E-state index in [0.29, 0.717) is 45.3 Å². The molecule has 3 rings (SSSR count). The van der Waals surface area contributed by atoms with Crippen LogP contribution >= 0.6 is 0 Å². The summed E-state index contributed by atoms with van der Waals surface area (Å²) in [5.74, 6) is 0.457. The number of ether oxygens (including phenoxy) is 2. The lowest BCUT2D eigenvalue weighted by molar-refractivity contribution is -0.119. The van der Waals surface area contributed by atoms with Gasteiger partial charge in [0.2, 0.25) is 0 Å². The number of aromatic nitrogens is 3. The second kappa shape index (κ2) is 7.06. The van der Waals surface area contributed by atoms with Gasteiger partial charge in [-0.2, -0.15) is 0 Å². The zero-order valence-corrected chi connectivity index (χ0v) is 14.7. The van der Waals surface area contributed by atoms with Crippen molar-refractivity contribution in [1.29, 1.82) is 0 Å². The van der Waals surface area contributed by atoms with Crippen molar-refractivity contribution in [3.63, 3.8) is 0 Å². The highest BCUT2D eigenvalue weighted by atomic mass is 16.5. The number of nitrogens with zero attached hydrogens (tertiary/aromatic N) is 4. The fraction of sp³-hybridized carbons (Fsp3) is 0.812. The van der Waals surface area contributed by atoms with Crippen LogP contribution in [0.5, 0.6) is 0 Å². The molecule has 1 aromatic heterocycles. The number of carbonyl (C=O) groups is 1. The molecule has 1 fully saturated rings. The summed E-state index contributed by atoms with van der Waals surface area (Å²) in [5, 5.41) is 11.4. The maximum absolute atomic E-state index is 12.2. The van der Waals surface area contributed by atoms with Crippen LogP contribution in [0.2, 0.25) is 0 Å². The number of urea groups is 1. The van der Waals surface area contributed by atoms with Crippen LogP contribution < -0.4 is 5.32 Å². The lowest BCUT2D eigenvalue weighted by atomic mass is 9.90. The number of hydrogen-bond acceptors (Lipinski definition) is 5. The summed E-state index contributed by atoms with van der Waals surface area (Å²) in [7, 11) is 1.65. The zero-order chi connectivity index (χ0) is 17.2. The second-order valence-corrected chi connectivity index (χ2v) is 7.11. The number of hydrogen-bond donors (Lipinski definition) is 1. The topological polar surface area (TPSA) is 81.5 Å².